The summed E-state index contributed by atoms with van der Waals surface area (Å²) in [6.45, 7) is 0. The summed E-state index contributed by atoms with van der Waals surface area (Å²) in [6, 6.07) is 9.08. The summed E-state index contributed by atoms with van der Waals surface area (Å²) in [5.41, 5.74) is 1.11. The average molecular weight is 402 g/mol. The smallest absolute Gasteiger partial charge is 0.264 e. The number of nitrogens with zero attached hydrogens (tertiary/aromatic N) is 1. The van der Waals surface area contributed by atoms with E-state index in [0.717, 1.165) is 11.8 Å². The summed E-state index contributed by atoms with van der Waals surface area (Å²) in [7, 11) is 0. The van der Waals surface area contributed by atoms with Gasteiger partial charge in [0, 0.05) is 10.0 Å². The number of benzene rings is 2. The number of carbonyl (C=O) groups excluding carboxylic acids is 1. The Morgan fingerprint density at radius 2 is 1.88 bits per heavy atom. The zero-order chi connectivity index (χ0) is 17.3. The van der Waals surface area contributed by atoms with Crippen LogP contribution in [0.25, 0.3) is 6.08 Å². The molecule has 1 aliphatic heterocycles. The van der Waals surface area contributed by atoms with Gasteiger partial charge in [0.25, 0.3) is 5.91 Å². The number of amides is 1. The molecule has 1 fully saturated rings. The normalized spacial score (nSPS) is 17.6. The fourth-order valence-electron chi connectivity index (χ4n) is 1.91. The molecule has 2 aromatic rings. The van der Waals surface area contributed by atoms with Gasteiger partial charge in [0.2, 0.25) is 0 Å². The molecular weight excluding hydrogens is 394 g/mol. The Labute approximate surface area is 156 Å². The van der Waals surface area contributed by atoms with Gasteiger partial charge in [0.1, 0.15) is 5.82 Å². The molecule has 122 valence electrons. The Bertz CT molecular complexity index is 899. The Hall–Kier alpha value is -1.53. The Balaban J connectivity index is 1.86. The van der Waals surface area contributed by atoms with Crippen molar-refractivity contribution in [3.05, 3.63) is 67.8 Å². The summed E-state index contributed by atoms with van der Waals surface area (Å²) in [5.74, 6) is -0.820. The third-order valence-electron chi connectivity index (χ3n) is 3.03. The zero-order valence-electron chi connectivity index (χ0n) is 11.8. The minimum atomic E-state index is -0.526. The molecule has 0 bridgehead atoms. The lowest BCUT2D eigenvalue weighted by Gasteiger charge is -1.99. The molecule has 1 amide bonds. The van der Waals surface area contributed by atoms with Crippen molar-refractivity contribution in [3.8, 4) is 0 Å². The fraction of sp³-hybridized carbons (Fsp3) is 0. The second-order valence-electron chi connectivity index (χ2n) is 4.75. The van der Waals surface area contributed by atoms with Crippen LogP contribution in [0.5, 0.6) is 0 Å². The van der Waals surface area contributed by atoms with E-state index >= 15 is 0 Å². The highest BCUT2D eigenvalue weighted by atomic mass is 35.5. The highest BCUT2D eigenvalue weighted by Gasteiger charge is 2.24. The van der Waals surface area contributed by atoms with Crippen LogP contribution in [-0.4, -0.2) is 11.1 Å². The Kier molecular flexibility index (Phi) is 5.15. The molecule has 0 unspecified atom stereocenters. The van der Waals surface area contributed by atoms with Gasteiger partial charge < -0.3 is 5.32 Å². The summed E-state index contributed by atoms with van der Waals surface area (Å²) in [6.07, 6.45) is 1.65. The summed E-state index contributed by atoms with van der Waals surface area (Å²) < 4.78 is 13.2. The van der Waals surface area contributed by atoms with Crippen molar-refractivity contribution in [2.45, 2.75) is 0 Å². The van der Waals surface area contributed by atoms with E-state index in [1.807, 2.05) is 0 Å². The van der Waals surface area contributed by atoms with Crippen molar-refractivity contribution in [3.63, 3.8) is 0 Å². The molecule has 0 spiro atoms. The third-order valence-corrected chi connectivity index (χ3v) is 4.80. The van der Waals surface area contributed by atoms with Gasteiger partial charge in [-0.25, -0.2) is 9.38 Å². The summed E-state index contributed by atoms with van der Waals surface area (Å²) in [5, 5.41) is 3.94. The fourth-order valence-corrected chi connectivity index (χ4v) is 3.38. The van der Waals surface area contributed by atoms with Crippen LogP contribution in [0.15, 0.2) is 46.3 Å². The van der Waals surface area contributed by atoms with E-state index in [1.165, 1.54) is 18.2 Å². The first-order valence-corrected chi connectivity index (χ1v) is 8.57. The zero-order valence-corrected chi connectivity index (χ0v) is 14.9. The number of carbonyl (C=O) groups is 1. The van der Waals surface area contributed by atoms with Crippen LogP contribution in [0.4, 0.5) is 10.1 Å². The second kappa shape index (κ2) is 7.15. The molecule has 24 heavy (non-hydrogen) atoms. The van der Waals surface area contributed by atoms with Crippen molar-refractivity contribution in [1.82, 2.24) is 5.32 Å². The molecule has 1 heterocycles. The largest absolute Gasteiger partial charge is 0.300 e. The third kappa shape index (κ3) is 3.92. The molecule has 0 aromatic heterocycles. The first-order valence-electron chi connectivity index (χ1n) is 6.62. The maximum Gasteiger partial charge on any atom is 0.264 e. The molecule has 3 rings (SSSR count). The van der Waals surface area contributed by atoms with E-state index in [9.17, 15) is 9.18 Å². The Morgan fingerprint density at radius 1 is 1.08 bits per heavy atom. The second-order valence-corrected chi connectivity index (χ2v) is 7.03. The number of thioether (sulfide) groups is 1. The number of hydrogen-bond donors (Lipinski definition) is 1. The minimum absolute atomic E-state index is 0.0325. The van der Waals surface area contributed by atoms with Crippen LogP contribution < -0.4 is 5.32 Å². The molecule has 8 heteroatoms. The van der Waals surface area contributed by atoms with Gasteiger partial charge in [-0.15, -0.1) is 0 Å². The molecule has 1 saturated heterocycles. The quantitative estimate of drug-likeness (QED) is 0.658. The van der Waals surface area contributed by atoms with E-state index in [1.54, 1.807) is 24.3 Å². The van der Waals surface area contributed by atoms with Gasteiger partial charge in [-0.3, -0.25) is 4.79 Å². The van der Waals surface area contributed by atoms with E-state index in [-0.39, 0.29) is 10.9 Å². The molecule has 3 nitrogen and oxygen atoms in total. The van der Waals surface area contributed by atoms with E-state index in [0.29, 0.717) is 31.4 Å². The first kappa shape index (κ1) is 17.3. The van der Waals surface area contributed by atoms with Gasteiger partial charge in [0.05, 0.1) is 15.6 Å². The topological polar surface area (TPSA) is 41.5 Å². The standard InChI is InChI=1S/C16H8Cl3FN2OS/c17-9-2-1-8(11(18)6-9)5-14-15(23)22-16(24-14)21-10-3-4-13(20)12(19)7-10/h1-7H,(H,21,22,23). The number of nitrogens with one attached hydrogen (secondary N) is 1. The van der Waals surface area contributed by atoms with Gasteiger partial charge in [-0.05, 0) is 53.7 Å². The van der Waals surface area contributed by atoms with Crippen LogP contribution in [0.2, 0.25) is 15.1 Å². The lowest BCUT2D eigenvalue weighted by atomic mass is 10.2. The van der Waals surface area contributed by atoms with Crippen molar-refractivity contribution in [1.29, 1.82) is 0 Å². The number of hydrogen-bond acceptors (Lipinski definition) is 3. The molecular formula is C16H8Cl3FN2OS. The molecule has 1 N–H and O–H groups in total. The van der Waals surface area contributed by atoms with Crippen LogP contribution in [0, 0.1) is 5.82 Å². The van der Waals surface area contributed by atoms with Crippen molar-refractivity contribution >= 4 is 69.4 Å². The molecule has 0 atom stereocenters. The predicted octanol–water partition coefficient (Wildman–Crippen LogP) is 5.68. The number of amidine groups is 1. The van der Waals surface area contributed by atoms with E-state index in [4.69, 9.17) is 34.8 Å². The lowest BCUT2D eigenvalue weighted by molar-refractivity contribution is -0.115. The lowest BCUT2D eigenvalue weighted by Crippen LogP contribution is -2.19. The average Bonchev–Trinajstić information content (AvgIpc) is 2.85. The van der Waals surface area contributed by atoms with Crippen LogP contribution in [0.1, 0.15) is 5.56 Å². The van der Waals surface area contributed by atoms with Crippen LogP contribution in [0.3, 0.4) is 0 Å². The monoisotopic (exact) mass is 400 g/mol. The first-order chi connectivity index (χ1) is 11.4. The minimum Gasteiger partial charge on any atom is -0.300 e. The highest BCUT2D eigenvalue weighted by molar-refractivity contribution is 8.18. The van der Waals surface area contributed by atoms with Crippen molar-refractivity contribution in [2.24, 2.45) is 4.99 Å². The molecule has 0 saturated carbocycles. The van der Waals surface area contributed by atoms with Gasteiger partial charge in [0.15, 0.2) is 5.17 Å². The maximum atomic E-state index is 13.2. The maximum absolute atomic E-state index is 13.2. The van der Waals surface area contributed by atoms with Gasteiger partial charge in [-0.1, -0.05) is 40.9 Å². The van der Waals surface area contributed by atoms with Crippen molar-refractivity contribution in [2.75, 3.05) is 0 Å². The molecule has 1 aliphatic rings. The predicted molar refractivity (Wildman–Crippen MR) is 98.7 cm³/mol. The summed E-state index contributed by atoms with van der Waals surface area (Å²) in [4.78, 5) is 16.7. The van der Waals surface area contributed by atoms with Crippen LogP contribution >= 0.6 is 46.6 Å². The molecule has 0 aliphatic carbocycles. The van der Waals surface area contributed by atoms with Gasteiger partial charge >= 0.3 is 0 Å². The SMILES string of the molecule is O=C1NC(=Nc2ccc(F)c(Cl)c2)SC1=Cc1ccc(Cl)cc1Cl. The summed E-state index contributed by atoms with van der Waals surface area (Å²) >= 11 is 18.8. The highest BCUT2D eigenvalue weighted by Crippen LogP contribution is 2.31. The van der Waals surface area contributed by atoms with Gasteiger partial charge in [-0.2, -0.15) is 0 Å². The number of halogens is 4. The molecule has 2 aromatic carbocycles. The van der Waals surface area contributed by atoms with E-state index < -0.39 is 5.82 Å². The van der Waals surface area contributed by atoms with Crippen molar-refractivity contribution < 1.29 is 9.18 Å². The number of rotatable bonds is 2. The van der Waals surface area contributed by atoms with E-state index in [2.05, 4.69) is 10.3 Å². The molecule has 0 radical (unpaired) electrons. The Morgan fingerprint density at radius 3 is 2.58 bits per heavy atom. The van der Waals surface area contributed by atoms with Crippen LogP contribution in [-0.2, 0) is 4.79 Å². The number of aliphatic imine (C=N–C) groups is 1.